The van der Waals surface area contributed by atoms with Crippen LogP contribution in [-0.2, 0) is 0 Å². The van der Waals surface area contributed by atoms with E-state index in [4.69, 9.17) is 5.26 Å². The molecule has 1 unspecified atom stereocenters. The second kappa shape index (κ2) is 8.10. The minimum absolute atomic E-state index is 0.306. The normalized spacial score (nSPS) is 17.5. The van der Waals surface area contributed by atoms with Gasteiger partial charge in [-0.25, -0.2) is 0 Å². The van der Waals surface area contributed by atoms with Crippen molar-refractivity contribution in [1.29, 1.82) is 5.26 Å². The average Bonchev–Trinajstić information content (AvgIpc) is 2.64. The molecule has 124 valence electrons. The van der Waals surface area contributed by atoms with Gasteiger partial charge in [-0.2, -0.15) is 5.26 Å². The van der Waals surface area contributed by atoms with Crippen molar-refractivity contribution in [3.8, 4) is 6.07 Å². The third-order valence-electron chi connectivity index (χ3n) is 4.95. The highest BCUT2D eigenvalue weighted by Gasteiger charge is 2.27. The van der Waals surface area contributed by atoms with Crippen LogP contribution in [0.25, 0.3) is 0 Å². The van der Waals surface area contributed by atoms with Crippen molar-refractivity contribution in [2.24, 2.45) is 0 Å². The van der Waals surface area contributed by atoms with Gasteiger partial charge in [0.15, 0.2) is 0 Å². The van der Waals surface area contributed by atoms with Gasteiger partial charge in [-0.3, -0.25) is 9.80 Å². The Kier molecular flexibility index (Phi) is 5.63. The lowest BCUT2D eigenvalue weighted by Gasteiger charge is -2.41. The van der Waals surface area contributed by atoms with Gasteiger partial charge in [0, 0.05) is 32.2 Å². The van der Waals surface area contributed by atoms with Crippen molar-refractivity contribution in [1.82, 2.24) is 9.80 Å². The molecule has 1 aliphatic heterocycles. The van der Waals surface area contributed by atoms with E-state index in [1.54, 1.807) is 0 Å². The molecule has 0 radical (unpaired) electrons. The Bertz CT molecular complexity index is 615. The summed E-state index contributed by atoms with van der Waals surface area (Å²) in [6.45, 7) is 6.28. The zero-order valence-electron chi connectivity index (χ0n) is 14.3. The number of nitrogens with zero attached hydrogens (tertiary/aromatic N) is 3. The lowest BCUT2D eigenvalue weighted by molar-refractivity contribution is 0.0852. The van der Waals surface area contributed by atoms with E-state index < -0.39 is 0 Å². The quantitative estimate of drug-likeness (QED) is 0.842. The maximum absolute atomic E-state index is 8.92. The molecule has 0 N–H and O–H groups in total. The molecule has 0 spiro atoms. The van der Waals surface area contributed by atoms with E-state index in [-0.39, 0.29) is 0 Å². The number of hydrogen-bond acceptors (Lipinski definition) is 3. The van der Waals surface area contributed by atoms with E-state index in [1.807, 2.05) is 0 Å². The molecular weight excluding hydrogens is 294 g/mol. The lowest BCUT2D eigenvalue weighted by atomic mass is 9.96. The monoisotopic (exact) mass is 319 g/mol. The molecule has 2 aromatic carbocycles. The molecule has 24 heavy (non-hydrogen) atoms. The van der Waals surface area contributed by atoms with E-state index in [9.17, 15) is 0 Å². The van der Waals surface area contributed by atoms with E-state index >= 15 is 0 Å². The van der Waals surface area contributed by atoms with Gasteiger partial charge in [-0.1, -0.05) is 60.7 Å². The van der Waals surface area contributed by atoms with Gasteiger partial charge >= 0.3 is 0 Å². The predicted molar refractivity (Wildman–Crippen MR) is 97.6 cm³/mol. The van der Waals surface area contributed by atoms with Crippen LogP contribution in [0.3, 0.4) is 0 Å². The predicted octanol–water partition coefficient (Wildman–Crippen LogP) is 3.70. The summed E-state index contributed by atoms with van der Waals surface area (Å²) in [5.74, 6) is 0. The lowest BCUT2D eigenvalue weighted by Crippen LogP contribution is -2.50. The first-order valence-electron chi connectivity index (χ1n) is 8.74. The fourth-order valence-electron chi connectivity index (χ4n) is 3.58. The van der Waals surface area contributed by atoms with Crippen molar-refractivity contribution in [3.63, 3.8) is 0 Å². The second-order valence-electron chi connectivity index (χ2n) is 6.51. The van der Waals surface area contributed by atoms with Gasteiger partial charge in [-0.15, -0.1) is 0 Å². The Balaban J connectivity index is 1.78. The number of nitriles is 1. The highest BCUT2D eigenvalue weighted by Crippen LogP contribution is 2.29. The van der Waals surface area contributed by atoms with Crippen LogP contribution >= 0.6 is 0 Å². The van der Waals surface area contributed by atoms with Crippen molar-refractivity contribution < 1.29 is 0 Å². The van der Waals surface area contributed by atoms with Crippen LogP contribution in [0.1, 0.15) is 30.5 Å². The molecule has 0 saturated carbocycles. The molecule has 1 aliphatic rings. The Morgan fingerprint density at radius 3 is 1.75 bits per heavy atom. The Hall–Kier alpha value is -2.15. The van der Waals surface area contributed by atoms with Crippen molar-refractivity contribution in [2.45, 2.75) is 25.4 Å². The minimum atomic E-state index is 0.306. The smallest absolute Gasteiger partial charge is 0.0638 e. The minimum Gasteiger partial charge on any atom is -0.297 e. The first-order valence-corrected chi connectivity index (χ1v) is 8.74. The van der Waals surface area contributed by atoms with E-state index in [1.165, 1.54) is 11.1 Å². The van der Waals surface area contributed by atoms with Gasteiger partial charge in [0.05, 0.1) is 18.5 Å². The summed E-state index contributed by atoms with van der Waals surface area (Å²) in [4.78, 5) is 5.01. The number of rotatable bonds is 5. The molecular formula is C21H25N3. The van der Waals surface area contributed by atoms with Crippen LogP contribution in [0.5, 0.6) is 0 Å². The first kappa shape index (κ1) is 16.7. The fraction of sp³-hybridized carbons (Fsp3) is 0.381. The SMILES string of the molecule is CC(CC#N)N1CCN(C(c2ccccc2)c2ccccc2)CC1. The zero-order chi connectivity index (χ0) is 16.8. The number of benzene rings is 2. The summed E-state index contributed by atoms with van der Waals surface area (Å²) in [7, 11) is 0. The zero-order valence-corrected chi connectivity index (χ0v) is 14.3. The molecule has 1 saturated heterocycles. The van der Waals surface area contributed by atoms with Gasteiger partial charge in [-0.05, 0) is 18.1 Å². The second-order valence-corrected chi connectivity index (χ2v) is 6.51. The molecule has 3 nitrogen and oxygen atoms in total. The molecule has 2 aromatic rings. The molecule has 1 atom stereocenters. The van der Waals surface area contributed by atoms with Crippen molar-refractivity contribution >= 4 is 0 Å². The van der Waals surface area contributed by atoms with E-state index in [0.717, 1.165) is 26.2 Å². The fourth-order valence-corrected chi connectivity index (χ4v) is 3.58. The summed E-state index contributed by atoms with van der Waals surface area (Å²) in [5.41, 5.74) is 2.70. The highest BCUT2D eigenvalue weighted by molar-refractivity contribution is 5.31. The topological polar surface area (TPSA) is 30.3 Å². The van der Waals surface area contributed by atoms with Gasteiger partial charge in [0.2, 0.25) is 0 Å². The summed E-state index contributed by atoms with van der Waals surface area (Å²) in [5, 5.41) is 8.92. The van der Waals surface area contributed by atoms with Crippen LogP contribution in [0, 0.1) is 11.3 Å². The molecule has 0 aromatic heterocycles. The summed E-state index contributed by atoms with van der Waals surface area (Å²) >= 11 is 0. The third-order valence-corrected chi connectivity index (χ3v) is 4.95. The van der Waals surface area contributed by atoms with Crippen molar-refractivity contribution in [2.75, 3.05) is 26.2 Å². The largest absolute Gasteiger partial charge is 0.297 e. The Labute approximate surface area is 145 Å². The van der Waals surface area contributed by atoms with Crippen LogP contribution in [0.4, 0.5) is 0 Å². The number of piperazine rings is 1. The summed E-state index contributed by atoms with van der Waals surface area (Å²) in [6, 6.07) is 24.5. The van der Waals surface area contributed by atoms with Gasteiger partial charge in [0.25, 0.3) is 0 Å². The molecule has 0 bridgehead atoms. The van der Waals surface area contributed by atoms with Crippen LogP contribution in [0.2, 0.25) is 0 Å². The maximum atomic E-state index is 8.92. The summed E-state index contributed by atoms with van der Waals surface area (Å²) in [6.07, 6.45) is 0.612. The van der Waals surface area contributed by atoms with Crippen LogP contribution in [0.15, 0.2) is 60.7 Å². The van der Waals surface area contributed by atoms with Crippen molar-refractivity contribution in [3.05, 3.63) is 71.8 Å². The molecule has 1 fully saturated rings. The van der Waals surface area contributed by atoms with E-state index in [0.29, 0.717) is 18.5 Å². The molecule has 3 rings (SSSR count). The van der Waals surface area contributed by atoms with E-state index in [2.05, 4.69) is 83.5 Å². The molecule has 0 amide bonds. The number of hydrogen-bond donors (Lipinski definition) is 0. The summed E-state index contributed by atoms with van der Waals surface area (Å²) < 4.78 is 0. The standard InChI is InChI=1S/C21H25N3/c1-18(12-13-22)23-14-16-24(17-15-23)21(19-8-4-2-5-9-19)20-10-6-3-7-11-20/h2-11,18,21H,12,14-17H2,1H3. The third kappa shape index (κ3) is 3.84. The highest BCUT2D eigenvalue weighted by atomic mass is 15.3. The van der Waals surface area contributed by atoms with Gasteiger partial charge < -0.3 is 0 Å². The van der Waals surface area contributed by atoms with Crippen LogP contribution in [-0.4, -0.2) is 42.0 Å². The average molecular weight is 319 g/mol. The maximum Gasteiger partial charge on any atom is 0.0638 e. The molecule has 1 heterocycles. The Morgan fingerprint density at radius 1 is 0.833 bits per heavy atom. The molecule has 3 heteroatoms. The Morgan fingerprint density at radius 2 is 1.29 bits per heavy atom. The van der Waals surface area contributed by atoms with Crippen LogP contribution < -0.4 is 0 Å². The molecule has 0 aliphatic carbocycles. The first-order chi connectivity index (χ1) is 11.8. The van der Waals surface area contributed by atoms with Gasteiger partial charge in [0.1, 0.15) is 0 Å².